The molecule has 2 unspecified atom stereocenters. The van der Waals surface area contributed by atoms with Gasteiger partial charge < -0.3 is 10.4 Å². The van der Waals surface area contributed by atoms with E-state index >= 15 is 0 Å². The molecule has 0 aliphatic heterocycles. The van der Waals surface area contributed by atoms with Gasteiger partial charge in [0.25, 0.3) is 0 Å². The largest absolute Gasteiger partial charge is 0.396 e. The predicted octanol–water partition coefficient (Wildman–Crippen LogP) is 1.68. The van der Waals surface area contributed by atoms with Crippen LogP contribution in [0, 0.1) is 5.92 Å². The molecule has 2 atom stereocenters. The third-order valence-electron chi connectivity index (χ3n) is 3.62. The fourth-order valence-corrected chi connectivity index (χ4v) is 2.52. The van der Waals surface area contributed by atoms with Crippen LogP contribution < -0.4 is 5.32 Å². The summed E-state index contributed by atoms with van der Waals surface area (Å²) in [5.74, 6) is 0.575. The van der Waals surface area contributed by atoms with Crippen molar-refractivity contribution in [1.29, 1.82) is 0 Å². The van der Waals surface area contributed by atoms with E-state index in [1.165, 1.54) is 44.9 Å². The van der Waals surface area contributed by atoms with Gasteiger partial charge in [0.05, 0.1) is 0 Å². The molecule has 13 heavy (non-hydrogen) atoms. The third kappa shape index (κ3) is 2.44. The van der Waals surface area contributed by atoms with Crippen molar-refractivity contribution in [2.45, 2.75) is 57.0 Å². The minimum atomic E-state index is 0.392. The first-order chi connectivity index (χ1) is 6.38. The second kappa shape index (κ2) is 4.43. The van der Waals surface area contributed by atoms with Crippen molar-refractivity contribution < 1.29 is 5.11 Å². The van der Waals surface area contributed by atoms with E-state index in [4.69, 9.17) is 5.11 Å². The van der Waals surface area contributed by atoms with E-state index in [0.29, 0.717) is 18.6 Å². The van der Waals surface area contributed by atoms with Crippen molar-refractivity contribution in [3.63, 3.8) is 0 Å². The Hall–Kier alpha value is -0.0800. The second-order valence-corrected chi connectivity index (χ2v) is 4.71. The van der Waals surface area contributed by atoms with Crippen LogP contribution in [0.25, 0.3) is 0 Å². The average Bonchev–Trinajstić information content (AvgIpc) is 2.12. The van der Waals surface area contributed by atoms with Crippen LogP contribution in [0.5, 0.6) is 0 Å². The molecule has 0 aromatic heterocycles. The zero-order valence-corrected chi connectivity index (χ0v) is 8.34. The van der Waals surface area contributed by atoms with Crippen LogP contribution >= 0.6 is 0 Å². The molecule has 76 valence electrons. The van der Waals surface area contributed by atoms with Crippen molar-refractivity contribution in [3.8, 4) is 0 Å². The molecule has 2 N–H and O–H groups in total. The first-order valence-corrected chi connectivity index (χ1v) is 5.75. The molecule has 0 bridgehead atoms. The normalized spacial score (nSPS) is 35.8. The quantitative estimate of drug-likeness (QED) is 0.697. The maximum absolute atomic E-state index is 9.09. The average molecular weight is 183 g/mol. The fraction of sp³-hybridized carbons (Fsp3) is 1.00. The fourth-order valence-electron chi connectivity index (χ4n) is 2.52. The molecule has 0 aromatic carbocycles. The predicted molar refractivity (Wildman–Crippen MR) is 53.6 cm³/mol. The minimum Gasteiger partial charge on any atom is -0.396 e. The zero-order chi connectivity index (χ0) is 9.10. The molecular formula is C11H21NO. The number of hydrogen-bond donors (Lipinski definition) is 2. The summed E-state index contributed by atoms with van der Waals surface area (Å²) in [6.45, 7) is 0.392. The van der Waals surface area contributed by atoms with Crippen molar-refractivity contribution in [1.82, 2.24) is 5.32 Å². The SMILES string of the molecule is OCC1CCCC(NC2CCC2)C1. The Morgan fingerprint density at radius 1 is 1.00 bits per heavy atom. The van der Waals surface area contributed by atoms with Crippen LogP contribution in [0.3, 0.4) is 0 Å². The summed E-state index contributed by atoms with van der Waals surface area (Å²) in [4.78, 5) is 0. The maximum atomic E-state index is 9.09. The van der Waals surface area contributed by atoms with Gasteiger partial charge in [-0.1, -0.05) is 12.8 Å². The van der Waals surface area contributed by atoms with Crippen LogP contribution in [0.2, 0.25) is 0 Å². The van der Waals surface area contributed by atoms with E-state index in [0.717, 1.165) is 6.04 Å². The van der Waals surface area contributed by atoms with Gasteiger partial charge in [0.2, 0.25) is 0 Å². The van der Waals surface area contributed by atoms with Gasteiger partial charge in [0.15, 0.2) is 0 Å². The molecule has 2 nitrogen and oxygen atoms in total. The molecule has 2 saturated carbocycles. The monoisotopic (exact) mass is 183 g/mol. The van der Waals surface area contributed by atoms with Gasteiger partial charge in [-0.15, -0.1) is 0 Å². The first-order valence-electron chi connectivity index (χ1n) is 5.75. The topological polar surface area (TPSA) is 32.3 Å². The van der Waals surface area contributed by atoms with Gasteiger partial charge in [-0.25, -0.2) is 0 Å². The van der Waals surface area contributed by atoms with Crippen molar-refractivity contribution in [2.75, 3.05) is 6.61 Å². The molecule has 0 amide bonds. The maximum Gasteiger partial charge on any atom is 0.0459 e. The first kappa shape index (κ1) is 9.47. The molecule has 0 heterocycles. The molecule has 2 aliphatic carbocycles. The van der Waals surface area contributed by atoms with Gasteiger partial charge in [0, 0.05) is 18.7 Å². The number of nitrogens with one attached hydrogen (secondary N) is 1. The van der Waals surface area contributed by atoms with Gasteiger partial charge in [-0.2, -0.15) is 0 Å². The Morgan fingerprint density at radius 2 is 1.69 bits per heavy atom. The third-order valence-corrected chi connectivity index (χ3v) is 3.62. The number of rotatable bonds is 3. The van der Waals surface area contributed by atoms with E-state index in [-0.39, 0.29) is 0 Å². The standard InChI is InChI=1S/C11H21NO/c13-8-9-3-1-6-11(7-9)12-10-4-2-5-10/h9-13H,1-8H2. The van der Waals surface area contributed by atoms with Crippen LogP contribution in [0.15, 0.2) is 0 Å². The molecule has 0 saturated heterocycles. The minimum absolute atomic E-state index is 0.392. The number of hydrogen-bond acceptors (Lipinski definition) is 2. The Balaban J connectivity index is 1.71. The Kier molecular flexibility index (Phi) is 3.23. The molecule has 0 aromatic rings. The molecule has 2 fully saturated rings. The lowest BCUT2D eigenvalue weighted by atomic mass is 9.84. The lowest BCUT2D eigenvalue weighted by Gasteiger charge is -2.35. The summed E-state index contributed by atoms with van der Waals surface area (Å²) in [5, 5.41) is 12.8. The molecule has 0 radical (unpaired) electrons. The Bertz CT molecular complexity index is 154. The Morgan fingerprint density at radius 3 is 2.31 bits per heavy atom. The highest BCUT2D eigenvalue weighted by molar-refractivity contribution is 4.84. The summed E-state index contributed by atoms with van der Waals surface area (Å²) < 4.78 is 0. The molecule has 2 rings (SSSR count). The highest BCUT2D eigenvalue weighted by Gasteiger charge is 2.25. The van der Waals surface area contributed by atoms with Crippen molar-refractivity contribution in [3.05, 3.63) is 0 Å². The second-order valence-electron chi connectivity index (χ2n) is 4.71. The van der Waals surface area contributed by atoms with E-state index in [1.54, 1.807) is 0 Å². The Labute approximate surface area is 80.7 Å². The van der Waals surface area contributed by atoms with Gasteiger partial charge in [-0.05, 0) is 38.0 Å². The van der Waals surface area contributed by atoms with Gasteiger partial charge >= 0.3 is 0 Å². The molecule has 2 aliphatic rings. The summed E-state index contributed by atoms with van der Waals surface area (Å²) in [5.41, 5.74) is 0. The molecular weight excluding hydrogens is 162 g/mol. The number of aliphatic hydroxyl groups is 1. The van der Waals surface area contributed by atoms with E-state index in [1.807, 2.05) is 0 Å². The van der Waals surface area contributed by atoms with E-state index in [2.05, 4.69) is 5.32 Å². The highest BCUT2D eigenvalue weighted by atomic mass is 16.3. The van der Waals surface area contributed by atoms with Crippen LogP contribution in [0.4, 0.5) is 0 Å². The van der Waals surface area contributed by atoms with Crippen LogP contribution in [-0.2, 0) is 0 Å². The highest BCUT2D eigenvalue weighted by Crippen LogP contribution is 2.26. The van der Waals surface area contributed by atoms with E-state index in [9.17, 15) is 0 Å². The summed E-state index contributed by atoms with van der Waals surface area (Å²) in [7, 11) is 0. The smallest absolute Gasteiger partial charge is 0.0459 e. The van der Waals surface area contributed by atoms with Crippen molar-refractivity contribution >= 4 is 0 Å². The van der Waals surface area contributed by atoms with Crippen LogP contribution in [-0.4, -0.2) is 23.8 Å². The zero-order valence-electron chi connectivity index (χ0n) is 8.34. The molecule has 0 spiro atoms. The van der Waals surface area contributed by atoms with E-state index < -0.39 is 0 Å². The molecule has 2 heteroatoms. The number of aliphatic hydroxyl groups excluding tert-OH is 1. The lowest BCUT2D eigenvalue weighted by molar-refractivity contribution is 0.158. The summed E-state index contributed by atoms with van der Waals surface area (Å²) >= 11 is 0. The van der Waals surface area contributed by atoms with Crippen molar-refractivity contribution in [2.24, 2.45) is 5.92 Å². The van der Waals surface area contributed by atoms with Gasteiger partial charge in [0.1, 0.15) is 0 Å². The summed E-state index contributed by atoms with van der Waals surface area (Å²) in [6.07, 6.45) is 9.23. The lowest BCUT2D eigenvalue weighted by Crippen LogP contribution is -2.44. The van der Waals surface area contributed by atoms with Crippen LogP contribution in [0.1, 0.15) is 44.9 Å². The van der Waals surface area contributed by atoms with Gasteiger partial charge in [-0.3, -0.25) is 0 Å². The summed E-state index contributed by atoms with van der Waals surface area (Å²) in [6, 6.07) is 1.51.